The predicted molar refractivity (Wildman–Crippen MR) is 69.8 cm³/mol. The van der Waals surface area contributed by atoms with Gasteiger partial charge in [-0.2, -0.15) is 0 Å². The molecule has 0 aliphatic heterocycles. The van der Waals surface area contributed by atoms with Crippen LogP contribution in [0.15, 0.2) is 21.6 Å². The summed E-state index contributed by atoms with van der Waals surface area (Å²) >= 11 is 3.18. The van der Waals surface area contributed by atoms with Crippen molar-refractivity contribution in [3.8, 4) is 0 Å². The van der Waals surface area contributed by atoms with E-state index in [-0.39, 0.29) is 16.8 Å². The van der Waals surface area contributed by atoms with Crippen molar-refractivity contribution in [2.24, 2.45) is 5.84 Å². The van der Waals surface area contributed by atoms with Crippen LogP contribution >= 0.6 is 15.9 Å². The molecule has 1 rings (SSSR count). The summed E-state index contributed by atoms with van der Waals surface area (Å²) in [6, 6.07) is 1.30. The zero-order chi connectivity index (χ0) is 13.1. The minimum Gasteiger partial charge on any atom is -0.307 e. The van der Waals surface area contributed by atoms with E-state index in [1.54, 1.807) is 6.92 Å². The molecule has 0 saturated heterocycles. The SMILES string of the molecule is CCC(C)NS(=O)(=O)c1cc(Br)cnc1NN. The number of nitrogen functional groups attached to an aromatic ring is 1. The summed E-state index contributed by atoms with van der Waals surface area (Å²) in [5, 5.41) is 0. The Kier molecular flexibility index (Phi) is 4.87. The first-order valence-electron chi connectivity index (χ1n) is 5.05. The number of hydrogen-bond donors (Lipinski definition) is 3. The zero-order valence-electron chi connectivity index (χ0n) is 9.57. The molecule has 96 valence electrons. The number of nitrogens with zero attached hydrogens (tertiary/aromatic N) is 1. The highest BCUT2D eigenvalue weighted by atomic mass is 79.9. The number of nitrogens with two attached hydrogens (primary N) is 1. The van der Waals surface area contributed by atoms with Crippen molar-refractivity contribution in [2.75, 3.05) is 5.43 Å². The van der Waals surface area contributed by atoms with Crippen LogP contribution in [0.25, 0.3) is 0 Å². The van der Waals surface area contributed by atoms with Crippen LogP contribution in [0.5, 0.6) is 0 Å². The highest BCUT2D eigenvalue weighted by Gasteiger charge is 2.21. The fourth-order valence-electron chi connectivity index (χ4n) is 1.15. The molecule has 0 saturated carbocycles. The molecule has 1 heterocycles. The number of pyridine rings is 1. The Morgan fingerprint density at radius 2 is 2.24 bits per heavy atom. The van der Waals surface area contributed by atoms with E-state index >= 15 is 0 Å². The Labute approximate surface area is 109 Å². The Balaban J connectivity index is 3.18. The highest BCUT2D eigenvalue weighted by molar-refractivity contribution is 9.10. The van der Waals surface area contributed by atoms with Gasteiger partial charge in [0.15, 0.2) is 5.82 Å². The lowest BCUT2D eigenvalue weighted by Crippen LogP contribution is -2.33. The van der Waals surface area contributed by atoms with E-state index in [2.05, 4.69) is 31.1 Å². The molecule has 17 heavy (non-hydrogen) atoms. The fourth-order valence-corrected chi connectivity index (χ4v) is 3.10. The number of anilines is 1. The van der Waals surface area contributed by atoms with Crippen molar-refractivity contribution in [3.63, 3.8) is 0 Å². The van der Waals surface area contributed by atoms with Crippen molar-refractivity contribution in [1.82, 2.24) is 9.71 Å². The van der Waals surface area contributed by atoms with Crippen LogP contribution in [-0.2, 0) is 10.0 Å². The van der Waals surface area contributed by atoms with Crippen molar-refractivity contribution < 1.29 is 8.42 Å². The van der Waals surface area contributed by atoms with Gasteiger partial charge in [-0.25, -0.2) is 24.0 Å². The first kappa shape index (κ1) is 14.4. The van der Waals surface area contributed by atoms with Gasteiger partial charge in [-0.05, 0) is 35.3 Å². The van der Waals surface area contributed by atoms with Gasteiger partial charge in [-0.1, -0.05) is 6.92 Å². The van der Waals surface area contributed by atoms with Gasteiger partial charge >= 0.3 is 0 Å². The van der Waals surface area contributed by atoms with Gasteiger partial charge in [0.25, 0.3) is 0 Å². The topological polar surface area (TPSA) is 97.1 Å². The highest BCUT2D eigenvalue weighted by Crippen LogP contribution is 2.22. The molecular weight excluding hydrogens is 308 g/mol. The summed E-state index contributed by atoms with van der Waals surface area (Å²) in [6.07, 6.45) is 2.17. The third-order valence-corrected chi connectivity index (χ3v) is 4.25. The Morgan fingerprint density at radius 1 is 1.59 bits per heavy atom. The molecule has 1 atom stereocenters. The number of nitrogens with one attached hydrogen (secondary N) is 2. The Bertz CT molecular complexity index is 492. The zero-order valence-corrected chi connectivity index (χ0v) is 12.0. The standard InChI is InChI=1S/C9H15BrN4O2S/c1-3-6(2)14-17(15,16)8-4-7(10)5-12-9(8)13-11/h4-6,14H,3,11H2,1-2H3,(H,12,13). The number of rotatable bonds is 5. The molecule has 1 aromatic heterocycles. The number of hydrazine groups is 1. The first-order valence-corrected chi connectivity index (χ1v) is 7.32. The average Bonchev–Trinajstić information content (AvgIpc) is 2.28. The van der Waals surface area contributed by atoms with Crippen LogP contribution in [0.1, 0.15) is 20.3 Å². The summed E-state index contributed by atoms with van der Waals surface area (Å²) < 4.78 is 27.2. The predicted octanol–water partition coefficient (Wildman–Crippen LogP) is 1.21. The van der Waals surface area contributed by atoms with Crippen molar-refractivity contribution >= 4 is 31.8 Å². The van der Waals surface area contributed by atoms with Crippen LogP contribution in [0.2, 0.25) is 0 Å². The van der Waals surface area contributed by atoms with E-state index in [1.807, 2.05) is 6.92 Å². The molecule has 0 aromatic carbocycles. The maximum absolute atomic E-state index is 12.1. The van der Waals surface area contributed by atoms with Gasteiger partial charge in [-0.3, -0.25) is 0 Å². The van der Waals surface area contributed by atoms with Crippen molar-refractivity contribution in [1.29, 1.82) is 0 Å². The maximum Gasteiger partial charge on any atom is 0.244 e. The average molecular weight is 323 g/mol. The van der Waals surface area contributed by atoms with Crippen molar-refractivity contribution in [2.45, 2.75) is 31.2 Å². The second-order valence-electron chi connectivity index (χ2n) is 3.58. The molecule has 1 aromatic rings. The molecule has 0 aliphatic carbocycles. The molecule has 6 nitrogen and oxygen atoms in total. The third-order valence-electron chi connectivity index (χ3n) is 2.21. The van der Waals surface area contributed by atoms with Gasteiger partial charge in [0.2, 0.25) is 10.0 Å². The lowest BCUT2D eigenvalue weighted by atomic mass is 10.3. The maximum atomic E-state index is 12.1. The van der Waals surface area contributed by atoms with E-state index in [0.29, 0.717) is 10.9 Å². The molecular formula is C9H15BrN4O2S. The smallest absolute Gasteiger partial charge is 0.244 e. The van der Waals surface area contributed by atoms with Crippen LogP contribution in [0, 0.1) is 0 Å². The summed E-state index contributed by atoms with van der Waals surface area (Å²) in [5.41, 5.74) is 2.27. The van der Waals surface area contributed by atoms with Gasteiger partial charge in [0.1, 0.15) is 4.90 Å². The molecule has 0 radical (unpaired) electrons. The third kappa shape index (κ3) is 3.63. The van der Waals surface area contributed by atoms with E-state index < -0.39 is 10.0 Å². The normalized spacial score (nSPS) is 13.4. The molecule has 0 spiro atoms. The number of halogens is 1. The summed E-state index contributed by atoms with van der Waals surface area (Å²) in [4.78, 5) is 3.92. The van der Waals surface area contributed by atoms with E-state index in [9.17, 15) is 8.42 Å². The largest absolute Gasteiger partial charge is 0.307 e. The van der Waals surface area contributed by atoms with Crippen molar-refractivity contribution in [3.05, 3.63) is 16.7 Å². The number of hydrogen-bond acceptors (Lipinski definition) is 5. The van der Waals surface area contributed by atoms with Crippen LogP contribution in [-0.4, -0.2) is 19.4 Å². The number of aromatic nitrogens is 1. The minimum absolute atomic E-state index is 0.0228. The lowest BCUT2D eigenvalue weighted by molar-refractivity contribution is 0.555. The first-order chi connectivity index (χ1) is 7.90. The number of sulfonamides is 1. The summed E-state index contributed by atoms with van der Waals surface area (Å²) in [5.74, 6) is 5.36. The molecule has 0 aliphatic rings. The molecule has 0 amide bonds. The monoisotopic (exact) mass is 322 g/mol. The second-order valence-corrected chi connectivity index (χ2v) is 6.17. The Morgan fingerprint density at radius 3 is 2.76 bits per heavy atom. The van der Waals surface area contributed by atoms with Gasteiger partial charge < -0.3 is 5.43 Å². The second kappa shape index (κ2) is 5.76. The quantitative estimate of drug-likeness (QED) is 0.559. The van der Waals surface area contributed by atoms with Crippen LogP contribution in [0.3, 0.4) is 0 Å². The van der Waals surface area contributed by atoms with Gasteiger partial charge in [0, 0.05) is 16.7 Å². The molecule has 0 bridgehead atoms. The molecule has 4 N–H and O–H groups in total. The fraction of sp³-hybridized carbons (Fsp3) is 0.444. The molecule has 0 fully saturated rings. The van der Waals surface area contributed by atoms with E-state index in [1.165, 1.54) is 12.3 Å². The van der Waals surface area contributed by atoms with E-state index in [0.717, 1.165) is 0 Å². The van der Waals surface area contributed by atoms with Gasteiger partial charge in [0.05, 0.1) is 0 Å². The lowest BCUT2D eigenvalue weighted by Gasteiger charge is -2.14. The minimum atomic E-state index is -3.62. The summed E-state index contributed by atoms with van der Waals surface area (Å²) in [6.45, 7) is 3.69. The van der Waals surface area contributed by atoms with E-state index in [4.69, 9.17) is 5.84 Å². The molecule has 8 heteroatoms. The van der Waals surface area contributed by atoms with Gasteiger partial charge in [-0.15, -0.1) is 0 Å². The van der Waals surface area contributed by atoms with Crippen LogP contribution < -0.4 is 16.0 Å². The van der Waals surface area contributed by atoms with Crippen LogP contribution in [0.4, 0.5) is 5.82 Å². The molecule has 1 unspecified atom stereocenters. The Hall–Kier alpha value is -0.700. The summed E-state index contributed by atoms with van der Waals surface area (Å²) in [7, 11) is -3.62.